The van der Waals surface area contributed by atoms with E-state index in [2.05, 4.69) is 24.0 Å². The summed E-state index contributed by atoms with van der Waals surface area (Å²) in [5.74, 6) is 0.551. The molecule has 3 heteroatoms. The van der Waals surface area contributed by atoms with Gasteiger partial charge in [-0.2, -0.15) is 0 Å². The average molecular weight is 238 g/mol. The van der Waals surface area contributed by atoms with Crippen LogP contribution in [-0.2, 0) is 5.88 Å². The number of aryl methyl sites for hydroxylation is 2. The molecule has 15 heavy (non-hydrogen) atoms. The van der Waals surface area contributed by atoms with E-state index in [4.69, 9.17) is 11.6 Å². The summed E-state index contributed by atoms with van der Waals surface area (Å²) < 4.78 is 0. The highest BCUT2D eigenvalue weighted by atomic mass is 35.5. The Morgan fingerprint density at radius 3 is 2.60 bits per heavy atom. The van der Waals surface area contributed by atoms with Crippen molar-refractivity contribution in [2.75, 3.05) is 0 Å². The Hall–Kier alpha value is -0.860. The fraction of sp³-hybridized carbons (Fsp3) is 0.250. The zero-order valence-corrected chi connectivity index (χ0v) is 10.3. The quantitative estimate of drug-likeness (QED) is 0.715. The maximum absolute atomic E-state index is 5.84. The third kappa shape index (κ3) is 2.06. The summed E-state index contributed by atoms with van der Waals surface area (Å²) >= 11 is 7.53. The van der Waals surface area contributed by atoms with E-state index in [0.717, 1.165) is 15.6 Å². The molecule has 2 aromatic rings. The number of hydrogen-bond donors (Lipinski definition) is 0. The van der Waals surface area contributed by atoms with Crippen molar-refractivity contribution >= 4 is 22.9 Å². The normalized spacial score (nSPS) is 10.6. The van der Waals surface area contributed by atoms with Crippen LogP contribution in [0.1, 0.15) is 16.1 Å². The van der Waals surface area contributed by atoms with Gasteiger partial charge in [0, 0.05) is 10.4 Å². The van der Waals surface area contributed by atoms with Crippen LogP contribution >= 0.6 is 22.9 Å². The summed E-state index contributed by atoms with van der Waals surface area (Å²) in [5, 5.41) is 1.07. The first-order chi connectivity index (χ1) is 7.22. The van der Waals surface area contributed by atoms with Gasteiger partial charge in [-0.15, -0.1) is 22.9 Å². The van der Waals surface area contributed by atoms with Crippen molar-refractivity contribution in [2.24, 2.45) is 0 Å². The molecule has 0 saturated carbocycles. The van der Waals surface area contributed by atoms with Gasteiger partial charge in [-0.3, -0.25) is 0 Å². The molecular formula is C12H12ClNS. The van der Waals surface area contributed by atoms with Gasteiger partial charge in [0.25, 0.3) is 0 Å². The van der Waals surface area contributed by atoms with Gasteiger partial charge in [0.1, 0.15) is 5.01 Å². The van der Waals surface area contributed by atoms with Crippen LogP contribution in [0.25, 0.3) is 10.6 Å². The minimum Gasteiger partial charge on any atom is -0.241 e. The van der Waals surface area contributed by atoms with Crippen LogP contribution < -0.4 is 0 Å². The number of halogens is 1. The number of rotatable bonds is 2. The fourth-order valence-electron chi connectivity index (χ4n) is 1.48. The molecule has 1 aromatic carbocycles. The third-order valence-electron chi connectivity index (χ3n) is 2.39. The molecule has 0 saturated heterocycles. The molecule has 0 fully saturated rings. The fourth-order valence-corrected chi connectivity index (χ4v) is 2.84. The largest absolute Gasteiger partial charge is 0.241 e. The predicted octanol–water partition coefficient (Wildman–Crippen LogP) is 4.17. The van der Waals surface area contributed by atoms with Crippen molar-refractivity contribution in [3.8, 4) is 10.6 Å². The lowest BCUT2D eigenvalue weighted by molar-refractivity contribution is 1.22. The van der Waals surface area contributed by atoms with Crippen LogP contribution in [0, 0.1) is 13.8 Å². The SMILES string of the molecule is Cc1ccccc1-c1nc(C)c(CCl)s1. The van der Waals surface area contributed by atoms with E-state index < -0.39 is 0 Å². The smallest absolute Gasteiger partial charge is 0.124 e. The Labute approximate surface area is 98.7 Å². The van der Waals surface area contributed by atoms with Crippen LogP contribution in [0.5, 0.6) is 0 Å². The maximum Gasteiger partial charge on any atom is 0.124 e. The number of thiazole rings is 1. The molecule has 1 aromatic heterocycles. The minimum absolute atomic E-state index is 0.551. The first kappa shape index (κ1) is 10.7. The van der Waals surface area contributed by atoms with Gasteiger partial charge < -0.3 is 0 Å². The van der Waals surface area contributed by atoms with Crippen molar-refractivity contribution < 1.29 is 0 Å². The Balaban J connectivity index is 2.50. The van der Waals surface area contributed by atoms with Crippen LogP contribution in [0.15, 0.2) is 24.3 Å². The van der Waals surface area contributed by atoms with Gasteiger partial charge in [-0.05, 0) is 19.4 Å². The molecule has 0 aliphatic heterocycles. The summed E-state index contributed by atoms with van der Waals surface area (Å²) in [7, 11) is 0. The second kappa shape index (κ2) is 4.33. The Bertz CT molecular complexity index is 476. The van der Waals surface area contributed by atoms with E-state index in [1.54, 1.807) is 11.3 Å². The van der Waals surface area contributed by atoms with Gasteiger partial charge in [-0.1, -0.05) is 24.3 Å². The topological polar surface area (TPSA) is 12.9 Å². The highest BCUT2D eigenvalue weighted by Crippen LogP contribution is 2.30. The van der Waals surface area contributed by atoms with Gasteiger partial charge in [0.2, 0.25) is 0 Å². The van der Waals surface area contributed by atoms with Gasteiger partial charge >= 0.3 is 0 Å². The number of hydrogen-bond acceptors (Lipinski definition) is 2. The van der Waals surface area contributed by atoms with E-state index in [1.165, 1.54) is 11.1 Å². The molecule has 0 spiro atoms. The lowest BCUT2D eigenvalue weighted by atomic mass is 10.1. The van der Waals surface area contributed by atoms with Crippen molar-refractivity contribution in [3.05, 3.63) is 40.4 Å². The summed E-state index contributed by atoms with van der Waals surface area (Å²) in [6, 6.07) is 8.29. The van der Waals surface area contributed by atoms with Crippen molar-refractivity contribution in [1.82, 2.24) is 4.98 Å². The van der Waals surface area contributed by atoms with E-state index in [-0.39, 0.29) is 0 Å². The molecule has 2 rings (SSSR count). The summed E-state index contributed by atoms with van der Waals surface area (Å²) in [4.78, 5) is 5.71. The summed E-state index contributed by atoms with van der Waals surface area (Å²) in [6.45, 7) is 4.11. The monoisotopic (exact) mass is 237 g/mol. The van der Waals surface area contributed by atoms with Crippen molar-refractivity contribution in [3.63, 3.8) is 0 Å². The highest BCUT2D eigenvalue weighted by molar-refractivity contribution is 7.15. The van der Waals surface area contributed by atoms with Gasteiger partial charge in [0.05, 0.1) is 11.6 Å². The molecule has 0 N–H and O–H groups in total. The molecule has 78 valence electrons. The van der Waals surface area contributed by atoms with Crippen LogP contribution in [-0.4, -0.2) is 4.98 Å². The van der Waals surface area contributed by atoms with Crippen molar-refractivity contribution in [1.29, 1.82) is 0 Å². The molecule has 1 nitrogen and oxygen atoms in total. The standard InChI is InChI=1S/C12H12ClNS/c1-8-5-3-4-6-10(8)12-14-9(2)11(7-13)15-12/h3-6H,7H2,1-2H3. The lowest BCUT2D eigenvalue weighted by Crippen LogP contribution is -1.81. The van der Waals surface area contributed by atoms with E-state index in [0.29, 0.717) is 5.88 Å². The van der Waals surface area contributed by atoms with E-state index in [1.807, 2.05) is 19.1 Å². The second-order valence-corrected chi connectivity index (χ2v) is 4.83. The van der Waals surface area contributed by atoms with Crippen LogP contribution in [0.4, 0.5) is 0 Å². The maximum atomic E-state index is 5.84. The molecule has 0 atom stereocenters. The van der Waals surface area contributed by atoms with Crippen molar-refractivity contribution in [2.45, 2.75) is 19.7 Å². The zero-order chi connectivity index (χ0) is 10.8. The first-order valence-corrected chi connectivity index (χ1v) is 6.15. The third-order valence-corrected chi connectivity index (χ3v) is 4.01. The zero-order valence-electron chi connectivity index (χ0n) is 8.75. The average Bonchev–Trinajstić information content (AvgIpc) is 2.60. The highest BCUT2D eigenvalue weighted by Gasteiger charge is 2.09. The molecule has 0 radical (unpaired) electrons. The molecule has 0 aliphatic carbocycles. The second-order valence-electron chi connectivity index (χ2n) is 3.48. The molecule has 0 unspecified atom stereocenters. The Kier molecular flexibility index (Phi) is 3.08. The first-order valence-electron chi connectivity index (χ1n) is 4.80. The lowest BCUT2D eigenvalue weighted by Gasteiger charge is -1.99. The summed E-state index contributed by atoms with van der Waals surface area (Å²) in [6.07, 6.45) is 0. The van der Waals surface area contributed by atoms with Gasteiger partial charge in [-0.25, -0.2) is 4.98 Å². The summed E-state index contributed by atoms with van der Waals surface area (Å²) in [5.41, 5.74) is 3.52. The number of benzene rings is 1. The Morgan fingerprint density at radius 1 is 1.27 bits per heavy atom. The van der Waals surface area contributed by atoms with Gasteiger partial charge in [0.15, 0.2) is 0 Å². The number of nitrogens with zero attached hydrogens (tertiary/aromatic N) is 1. The number of aromatic nitrogens is 1. The van der Waals surface area contributed by atoms with Crippen LogP contribution in [0.3, 0.4) is 0 Å². The molecule has 0 aliphatic rings. The van der Waals surface area contributed by atoms with E-state index >= 15 is 0 Å². The Morgan fingerprint density at radius 2 is 2.00 bits per heavy atom. The molecular weight excluding hydrogens is 226 g/mol. The number of alkyl halides is 1. The van der Waals surface area contributed by atoms with E-state index in [9.17, 15) is 0 Å². The van der Waals surface area contributed by atoms with Crippen LogP contribution in [0.2, 0.25) is 0 Å². The predicted molar refractivity (Wildman–Crippen MR) is 66.6 cm³/mol. The molecule has 0 amide bonds. The molecule has 1 heterocycles. The minimum atomic E-state index is 0.551. The molecule has 0 bridgehead atoms.